The molecule has 1 aromatic carbocycles. The lowest BCUT2D eigenvalue weighted by Crippen LogP contribution is -2.24. The molecule has 1 aromatic rings. The van der Waals surface area contributed by atoms with Crippen molar-refractivity contribution < 1.29 is 18.3 Å². The zero-order valence-corrected chi connectivity index (χ0v) is 13.1. The molecule has 0 spiro atoms. The highest BCUT2D eigenvalue weighted by Crippen LogP contribution is 2.26. The highest BCUT2D eigenvalue weighted by Gasteiger charge is 2.21. The Bertz CT molecular complexity index is 624. The monoisotopic (exact) mass is 331 g/mol. The van der Waals surface area contributed by atoms with Crippen molar-refractivity contribution in [2.75, 3.05) is 10.5 Å². The number of sulfonamides is 1. The van der Waals surface area contributed by atoms with Crippen LogP contribution in [0.5, 0.6) is 0 Å². The van der Waals surface area contributed by atoms with Gasteiger partial charge in [0.25, 0.3) is 0 Å². The Balaban J connectivity index is 2.10. The van der Waals surface area contributed by atoms with Gasteiger partial charge in [-0.15, -0.1) is 0 Å². The number of carboxylic acids is 1. The third-order valence-electron chi connectivity index (χ3n) is 3.60. The first-order chi connectivity index (χ1) is 9.85. The van der Waals surface area contributed by atoms with Crippen molar-refractivity contribution in [2.24, 2.45) is 5.92 Å². The molecule has 21 heavy (non-hydrogen) atoms. The van der Waals surface area contributed by atoms with Crippen molar-refractivity contribution in [3.8, 4) is 0 Å². The molecule has 5 nitrogen and oxygen atoms in total. The third-order valence-corrected chi connectivity index (χ3v) is 5.27. The molecule has 0 amide bonds. The fraction of sp³-hybridized carbons (Fsp3) is 0.500. The molecule has 0 unspecified atom stereocenters. The average Bonchev–Trinajstić information content (AvgIpc) is 2.37. The summed E-state index contributed by atoms with van der Waals surface area (Å²) in [5.41, 5.74) is 0.147. The molecule has 0 saturated heterocycles. The standard InChI is InChI=1S/C14H18ClNO4S/c15-12-6-11(14(17)18)7-13(8-12)16-21(19,20)9-10-4-2-1-3-5-10/h6-8,10,16H,1-5,9H2,(H,17,18). The van der Waals surface area contributed by atoms with Gasteiger partial charge >= 0.3 is 5.97 Å². The van der Waals surface area contributed by atoms with Gasteiger partial charge in [-0.2, -0.15) is 0 Å². The molecule has 1 aliphatic rings. The van der Waals surface area contributed by atoms with Crippen molar-refractivity contribution >= 4 is 33.3 Å². The van der Waals surface area contributed by atoms with Crippen molar-refractivity contribution in [1.29, 1.82) is 0 Å². The SMILES string of the molecule is O=C(O)c1cc(Cl)cc(NS(=O)(=O)CC2CCCCC2)c1. The van der Waals surface area contributed by atoms with Crippen LogP contribution < -0.4 is 4.72 Å². The molecule has 0 bridgehead atoms. The number of benzene rings is 1. The first-order valence-corrected chi connectivity index (χ1v) is 8.93. The summed E-state index contributed by atoms with van der Waals surface area (Å²) in [7, 11) is -3.50. The molecule has 1 fully saturated rings. The summed E-state index contributed by atoms with van der Waals surface area (Å²) >= 11 is 5.82. The number of anilines is 1. The van der Waals surface area contributed by atoms with E-state index in [1.807, 2.05) is 0 Å². The van der Waals surface area contributed by atoms with Crippen LogP contribution >= 0.6 is 11.6 Å². The van der Waals surface area contributed by atoms with E-state index in [1.165, 1.54) is 24.6 Å². The molecule has 7 heteroatoms. The maximum absolute atomic E-state index is 12.2. The zero-order chi connectivity index (χ0) is 15.5. The van der Waals surface area contributed by atoms with E-state index in [1.54, 1.807) is 0 Å². The first kappa shape index (κ1) is 16.1. The average molecular weight is 332 g/mol. The van der Waals surface area contributed by atoms with Gasteiger partial charge in [-0.3, -0.25) is 4.72 Å². The fourth-order valence-electron chi connectivity index (χ4n) is 2.66. The van der Waals surface area contributed by atoms with Gasteiger partial charge in [0.15, 0.2) is 0 Å². The van der Waals surface area contributed by atoms with E-state index in [0.717, 1.165) is 25.7 Å². The van der Waals surface area contributed by atoms with Crippen molar-refractivity contribution in [2.45, 2.75) is 32.1 Å². The smallest absolute Gasteiger partial charge is 0.335 e. The summed E-state index contributed by atoms with van der Waals surface area (Å²) < 4.78 is 26.7. The fourth-order valence-corrected chi connectivity index (χ4v) is 4.41. The molecule has 1 saturated carbocycles. The largest absolute Gasteiger partial charge is 0.478 e. The number of aromatic carboxylic acids is 1. The molecule has 0 aliphatic heterocycles. The second-order valence-electron chi connectivity index (χ2n) is 5.42. The van der Waals surface area contributed by atoms with Crippen LogP contribution in [0.15, 0.2) is 18.2 Å². The molecule has 0 atom stereocenters. The van der Waals surface area contributed by atoms with E-state index >= 15 is 0 Å². The maximum Gasteiger partial charge on any atom is 0.335 e. The van der Waals surface area contributed by atoms with Crippen LogP contribution in [-0.4, -0.2) is 25.2 Å². The topological polar surface area (TPSA) is 83.5 Å². The van der Waals surface area contributed by atoms with Crippen LogP contribution in [0.2, 0.25) is 5.02 Å². The molecule has 2 N–H and O–H groups in total. The number of nitrogens with one attached hydrogen (secondary N) is 1. The second-order valence-corrected chi connectivity index (χ2v) is 7.62. The Morgan fingerprint density at radius 1 is 1.24 bits per heavy atom. The summed E-state index contributed by atoms with van der Waals surface area (Å²) in [6, 6.07) is 3.96. The number of rotatable bonds is 5. The Kier molecular flexibility index (Phi) is 5.11. The van der Waals surface area contributed by atoms with Gasteiger partial charge in [0.05, 0.1) is 17.0 Å². The lowest BCUT2D eigenvalue weighted by molar-refractivity contribution is 0.0697. The van der Waals surface area contributed by atoms with Crippen LogP contribution in [0, 0.1) is 5.92 Å². The van der Waals surface area contributed by atoms with E-state index in [9.17, 15) is 13.2 Å². The zero-order valence-electron chi connectivity index (χ0n) is 11.5. The van der Waals surface area contributed by atoms with E-state index in [-0.39, 0.29) is 27.9 Å². The number of carboxylic acid groups (broad SMARTS) is 1. The van der Waals surface area contributed by atoms with Crippen LogP contribution in [0.3, 0.4) is 0 Å². The molecule has 0 aromatic heterocycles. The van der Waals surface area contributed by atoms with Crippen molar-refractivity contribution in [3.63, 3.8) is 0 Å². The predicted molar refractivity (Wildman–Crippen MR) is 82.4 cm³/mol. The maximum atomic E-state index is 12.2. The van der Waals surface area contributed by atoms with Gasteiger partial charge < -0.3 is 5.11 Å². The Morgan fingerprint density at radius 3 is 2.52 bits per heavy atom. The van der Waals surface area contributed by atoms with Gasteiger partial charge in [0.1, 0.15) is 0 Å². The van der Waals surface area contributed by atoms with Crippen LogP contribution in [0.25, 0.3) is 0 Å². The number of carbonyl (C=O) groups is 1. The Hall–Kier alpha value is -1.27. The van der Waals surface area contributed by atoms with E-state index in [0.29, 0.717) is 0 Å². The van der Waals surface area contributed by atoms with Crippen molar-refractivity contribution in [1.82, 2.24) is 0 Å². The van der Waals surface area contributed by atoms with E-state index in [4.69, 9.17) is 16.7 Å². The van der Waals surface area contributed by atoms with Gasteiger partial charge in [0, 0.05) is 5.02 Å². The van der Waals surface area contributed by atoms with Crippen LogP contribution in [0.4, 0.5) is 5.69 Å². The van der Waals surface area contributed by atoms with Gasteiger partial charge in [-0.05, 0) is 37.0 Å². The number of hydrogen-bond acceptors (Lipinski definition) is 3. The second kappa shape index (κ2) is 6.66. The third kappa shape index (κ3) is 4.89. The highest BCUT2D eigenvalue weighted by molar-refractivity contribution is 7.92. The lowest BCUT2D eigenvalue weighted by atomic mass is 9.91. The summed E-state index contributed by atoms with van der Waals surface area (Å²) in [6.07, 6.45) is 5.16. The molecular weight excluding hydrogens is 314 g/mol. The number of halogens is 1. The highest BCUT2D eigenvalue weighted by atomic mass is 35.5. The number of hydrogen-bond donors (Lipinski definition) is 2. The molecule has 1 aliphatic carbocycles. The molecule has 0 heterocycles. The van der Waals surface area contributed by atoms with E-state index < -0.39 is 16.0 Å². The first-order valence-electron chi connectivity index (χ1n) is 6.90. The quantitative estimate of drug-likeness (QED) is 0.866. The predicted octanol–water partition coefficient (Wildman–Crippen LogP) is 3.36. The molecule has 2 rings (SSSR count). The minimum absolute atomic E-state index is 0.0436. The minimum Gasteiger partial charge on any atom is -0.478 e. The molecular formula is C14H18ClNO4S. The van der Waals surface area contributed by atoms with Gasteiger partial charge in [-0.1, -0.05) is 30.9 Å². The lowest BCUT2D eigenvalue weighted by Gasteiger charge is -2.21. The summed E-state index contributed by atoms with van der Waals surface area (Å²) in [4.78, 5) is 11.0. The van der Waals surface area contributed by atoms with Gasteiger partial charge in [0.2, 0.25) is 10.0 Å². The summed E-state index contributed by atoms with van der Waals surface area (Å²) in [5.74, 6) is -0.901. The Morgan fingerprint density at radius 2 is 1.90 bits per heavy atom. The van der Waals surface area contributed by atoms with Crippen molar-refractivity contribution in [3.05, 3.63) is 28.8 Å². The summed E-state index contributed by atoms with van der Waals surface area (Å²) in [5, 5.41) is 9.14. The summed E-state index contributed by atoms with van der Waals surface area (Å²) in [6.45, 7) is 0. The van der Waals surface area contributed by atoms with Crippen LogP contribution in [0.1, 0.15) is 42.5 Å². The molecule has 0 radical (unpaired) electrons. The van der Waals surface area contributed by atoms with E-state index in [2.05, 4.69) is 4.72 Å². The van der Waals surface area contributed by atoms with Gasteiger partial charge in [-0.25, -0.2) is 13.2 Å². The normalized spacial score (nSPS) is 16.6. The van der Waals surface area contributed by atoms with Crippen LogP contribution in [-0.2, 0) is 10.0 Å². The Labute approximate surface area is 129 Å². The molecule has 116 valence electrons. The minimum atomic E-state index is -3.50.